The average Bonchev–Trinajstić information content (AvgIpc) is 1.77. The number of benzene rings is 3. The number of H-pyrrole nitrogens is 2. The van der Waals surface area contributed by atoms with Crippen molar-refractivity contribution >= 4 is 112 Å². The molecule has 0 aliphatic carbocycles. The lowest BCUT2D eigenvalue weighted by molar-refractivity contribution is -0.137. The van der Waals surface area contributed by atoms with E-state index in [0.717, 1.165) is 17.8 Å². The molecule has 15 amide bonds. The molecule has 13 atom stereocenters. The molecule has 0 spiro atoms. The van der Waals surface area contributed by atoms with Gasteiger partial charge in [0.25, 0.3) is 0 Å². The third-order valence-corrected chi connectivity index (χ3v) is 17.9. The second kappa shape index (κ2) is 43.9. The number of nitrogens with two attached hydrogens (primary N) is 4. The molecular weight excluding hydrogens is 1440 g/mol. The number of primary amides is 3. The Hall–Kier alpha value is -11.5. The molecule has 109 heavy (non-hydrogen) atoms. The number of aromatic nitrogens is 3. The first-order valence-corrected chi connectivity index (χ1v) is 35.8. The number of imidazole rings is 1. The van der Waals surface area contributed by atoms with Gasteiger partial charge in [-0.1, -0.05) is 94.8 Å². The molecule has 0 aliphatic heterocycles. The summed E-state index contributed by atoms with van der Waals surface area (Å²) in [4.78, 5) is 216. The Balaban J connectivity index is 1.35. The lowest BCUT2D eigenvalue weighted by Gasteiger charge is -2.29. The number of aromatic amines is 2. The molecule has 5 rings (SSSR count). The summed E-state index contributed by atoms with van der Waals surface area (Å²) in [6.07, 6.45) is 2.32. The van der Waals surface area contributed by atoms with Crippen molar-refractivity contribution in [1.29, 1.82) is 0 Å². The van der Waals surface area contributed by atoms with Crippen LogP contribution in [0.25, 0.3) is 10.9 Å². The largest absolute Gasteiger partial charge is 0.508 e. The number of amides is 15. The Labute approximate surface area is 632 Å². The molecule has 0 saturated carbocycles. The van der Waals surface area contributed by atoms with Gasteiger partial charge in [-0.25, -0.2) is 4.98 Å². The van der Waals surface area contributed by atoms with Crippen molar-refractivity contribution in [3.8, 4) is 5.75 Å². The maximum Gasteiger partial charge on any atom is 0.245 e. The van der Waals surface area contributed by atoms with Crippen LogP contribution in [0.2, 0.25) is 0 Å². The number of carbonyl (C=O) groups is 15. The fourth-order valence-corrected chi connectivity index (χ4v) is 11.5. The van der Waals surface area contributed by atoms with Gasteiger partial charge in [-0.05, 0) is 72.5 Å². The molecule has 25 N–H and O–H groups in total. The summed E-state index contributed by atoms with van der Waals surface area (Å²) in [5.74, 6) is -17.2. The molecule has 592 valence electrons. The third-order valence-electron chi connectivity index (χ3n) is 17.5. The first-order chi connectivity index (χ1) is 51.8. The standard InChI is InChI=1S/C71H99N19O18S/c1-6-37(4)59(71(108)86-50(27-42-31-76-35-78-42)64(101)81-47(60(75)97)26-41-30-77-45-17-11-10-16-44(41)45)90-66(103)52(29-57(74)96)85-67(104)53(32-91)87-69(106)55(34-109)89-63(100)48(24-39-14-8-7-9-15-39)83-62(99)49(25-40-19-21-43(94)22-20-40)82-61(98)46(18-12-13-23-72)80-65(102)51(28-56(73)95)84-68(105)54(33-92)88-70(107)58(36(2)3)79-38(5)93/h7-11,14-17,19-22,30-31,35-37,46-55,58-59,77,91-92,94,109H,6,12-13,18,23-29,32-34,72H2,1-5H3,(H2,73,95)(H2,74,96)(H2,75,97)(H,76,78)(H,79,93)(H,80,102)(H,81,101)(H,82,98)(H,83,99)(H,84,105)(H,85,104)(H,86,108)(H,87,106)(H,88,107)(H,89,100)(H,90,103)/t37-,46-,47-,48-,49-,50-,51-,52-,53-,54-,55-,58-,59-/m0/s1. The van der Waals surface area contributed by atoms with E-state index in [2.05, 4.69) is 91.4 Å². The number of fused-ring (bicyclic) bond motifs is 1. The molecule has 3 aromatic carbocycles. The maximum atomic E-state index is 14.8. The minimum Gasteiger partial charge on any atom is -0.508 e. The van der Waals surface area contributed by atoms with Crippen molar-refractivity contribution < 1.29 is 87.2 Å². The lowest BCUT2D eigenvalue weighted by atomic mass is 9.96. The predicted molar refractivity (Wildman–Crippen MR) is 397 cm³/mol. The van der Waals surface area contributed by atoms with Crippen LogP contribution < -0.4 is 86.7 Å². The number of carbonyl (C=O) groups excluding carboxylic acids is 15. The van der Waals surface area contributed by atoms with Crippen molar-refractivity contribution in [1.82, 2.24) is 78.8 Å². The van der Waals surface area contributed by atoms with E-state index in [1.807, 2.05) is 18.2 Å². The van der Waals surface area contributed by atoms with Crippen LogP contribution in [0.3, 0.4) is 0 Å². The first-order valence-electron chi connectivity index (χ1n) is 35.1. The number of hydrogen-bond acceptors (Lipinski definition) is 21. The zero-order valence-corrected chi connectivity index (χ0v) is 61.8. The highest BCUT2D eigenvalue weighted by Gasteiger charge is 2.39. The van der Waals surface area contributed by atoms with Crippen LogP contribution in [0.4, 0.5) is 0 Å². The van der Waals surface area contributed by atoms with Crippen LogP contribution in [-0.2, 0) is 97.6 Å². The smallest absolute Gasteiger partial charge is 0.245 e. The van der Waals surface area contributed by atoms with Crippen molar-refractivity contribution in [2.24, 2.45) is 34.8 Å². The van der Waals surface area contributed by atoms with Crippen molar-refractivity contribution in [2.75, 3.05) is 25.5 Å². The topological polar surface area (TPSA) is 610 Å². The summed E-state index contributed by atoms with van der Waals surface area (Å²) in [5.41, 5.74) is 25.2. The van der Waals surface area contributed by atoms with Crippen LogP contribution >= 0.6 is 12.6 Å². The van der Waals surface area contributed by atoms with Gasteiger partial charge < -0.3 is 112 Å². The molecule has 0 aliphatic rings. The van der Waals surface area contributed by atoms with E-state index >= 15 is 0 Å². The predicted octanol–water partition coefficient (Wildman–Crippen LogP) is -5.31. The summed E-state index contributed by atoms with van der Waals surface area (Å²) >= 11 is 4.27. The summed E-state index contributed by atoms with van der Waals surface area (Å²) < 4.78 is 0. The van der Waals surface area contributed by atoms with Crippen LogP contribution in [0.5, 0.6) is 5.75 Å². The Morgan fingerprint density at radius 3 is 1.42 bits per heavy atom. The number of aliphatic hydroxyl groups excluding tert-OH is 2. The second-order valence-electron chi connectivity index (χ2n) is 26.4. The molecule has 2 heterocycles. The second-order valence-corrected chi connectivity index (χ2v) is 26.8. The number of aliphatic hydroxyl groups is 2. The minimum absolute atomic E-state index is 0.0324. The molecule has 37 nitrogen and oxygen atoms in total. The molecule has 0 fully saturated rings. The molecule has 2 aromatic heterocycles. The molecule has 0 radical (unpaired) electrons. The van der Waals surface area contributed by atoms with Gasteiger partial charge in [0.2, 0.25) is 88.6 Å². The molecule has 0 unspecified atom stereocenters. The number of rotatable bonds is 46. The Bertz CT molecular complexity index is 3960. The summed E-state index contributed by atoms with van der Waals surface area (Å²) in [7, 11) is 0. The highest BCUT2D eigenvalue weighted by Crippen LogP contribution is 2.21. The Morgan fingerprint density at radius 1 is 0.477 bits per heavy atom. The van der Waals surface area contributed by atoms with Crippen molar-refractivity contribution in [2.45, 2.75) is 171 Å². The quantitative estimate of drug-likeness (QED) is 0.0128. The van der Waals surface area contributed by atoms with Gasteiger partial charge in [0.15, 0.2) is 0 Å². The van der Waals surface area contributed by atoms with Gasteiger partial charge in [0, 0.05) is 67.4 Å². The van der Waals surface area contributed by atoms with Gasteiger partial charge in [-0.15, -0.1) is 0 Å². The average molecular weight is 1540 g/mol. The van der Waals surface area contributed by atoms with Crippen LogP contribution in [0.1, 0.15) is 95.5 Å². The fraction of sp³-hybridized carbons (Fsp3) is 0.465. The Morgan fingerprint density at radius 2 is 0.917 bits per heavy atom. The van der Waals surface area contributed by atoms with E-state index in [9.17, 15) is 87.2 Å². The summed E-state index contributed by atoms with van der Waals surface area (Å²) in [5, 5.41) is 61.2. The lowest BCUT2D eigenvalue weighted by Crippen LogP contribution is -2.62. The van der Waals surface area contributed by atoms with E-state index in [1.54, 1.807) is 70.3 Å². The van der Waals surface area contributed by atoms with Crippen LogP contribution in [-0.4, -0.2) is 217 Å². The third kappa shape index (κ3) is 28.3. The number of phenols is 1. The zero-order chi connectivity index (χ0) is 80.6. The van der Waals surface area contributed by atoms with E-state index in [1.165, 1.54) is 36.8 Å². The number of nitrogens with zero attached hydrogens (tertiary/aromatic N) is 1. The SMILES string of the molecule is CC[C@H](C)[C@H](NC(=O)[C@H](CC(N)=O)NC(=O)[C@H](CO)NC(=O)[C@H](CS)NC(=O)[C@H](Cc1ccccc1)NC(=O)[C@H](Cc1ccc(O)cc1)NC(=O)[C@H](CCCCN)NC(=O)[C@H](CC(N)=O)NC(=O)[C@H](CO)NC(=O)[C@@H](NC(C)=O)C(C)C)C(=O)N[C@@H](Cc1cnc[nH]1)C(=O)N[C@@H](Cc1c[nH]c2ccccc12)C(N)=O. The minimum atomic E-state index is -1.94. The van der Waals surface area contributed by atoms with Gasteiger partial charge in [0.1, 0.15) is 78.3 Å². The molecular formula is C71H99N19O18S. The maximum absolute atomic E-state index is 14.8. The van der Waals surface area contributed by atoms with E-state index in [0.29, 0.717) is 28.8 Å². The number of unbranched alkanes of at least 4 members (excludes halogenated alkanes) is 1. The highest BCUT2D eigenvalue weighted by molar-refractivity contribution is 7.80. The molecule has 0 saturated heterocycles. The van der Waals surface area contributed by atoms with Crippen LogP contribution in [0, 0.1) is 11.8 Å². The fourth-order valence-electron chi connectivity index (χ4n) is 11.3. The van der Waals surface area contributed by atoms with E-state index in [4.69, 9.17) is 22.9 Å². The van der Waals surface area contributed by atoms with E-state index in [-0.39, 0.29) is 57.2 Å². The van der Waals surface area contributed by atoms with Gasteiger partial charge in [-0.2, -0.15) is 12.6 Å². The van der Waals surface area contributed by atoms with Gasteiger partial charge in [0.05, 0.1) is 32.4 Å². The number of para-hydroxylation sites is 1. The number of hydrogen-bond donors (Lipinski definition) is 22. The number of phenolic OH excluding ortho intramolecular Hbond substituents is 1. The van der Waals surface area contributed by atoms with Gasteiger partial charge >= 0.3 is 0 Å². The normalized spacial score (nSPS) is 14.7. The van der Waals surface area contributed by atoms with E-state index < -0.39 is 205 Å². The van der Waals surface area contributed by atoms with Crippen molar-refractivity contribution in [3.63, 3.8) is 0 Å². The number of nitrogens with one attached hydrogen (secondary N) is 14. The number of thiol groups is 1. The van der Waals surface area contributed by atoms with Crippen molar-refractivity contribution in [3.05, 3.63) is 120 Å². The highest BCUT2D eigenvalue weighted by atomic mass is 32.1. The molecule has 5 aromatic rings. The summed E-state index contributed by atoms with van der Waals surface area (Å²) in [6, 6.07) is 1.60. The summed E-state index contributed by atoms with van der Waals surface area (Å²) in [6.45, 7) is 5.60. The van der Waals surface area contributed by atoms with Gasteiger partial charge in [-0.3, -0.25) is 71.9 Å². The zero-order valence-electron chi connectivity index (χ0n) is 60.9. The monoisotopic (exact) mass is 1540 g/mol. The number of aromatic hydroxyl groups is 1. The first kappa shape index (κ1) is 88.1. The Kier molecular flexibility index (Phi) is 35.5. The molecule has 0 bridgehead atoms. The van der Waals surface area contributed by atoms with Crippen LogP contribution in [0.15, 0.2) is 97.6 Å². The molecule has 38 heteroatoms.